The number of aromatic nitrogens is 2. The zero-order chi connectivity index (χ0) is 15.0. The van der Waals surface area contributed by atoms with Crippen LogP contribution in [-0.2, 0) is 16.6 Å². The maximum atomic E-state index is 12.4. The SMILES string of the molecule is C[C@H](C1CC1)N(C)S(=O)(=O)CCn1cnc2ccccc21. The van der Waals surface area contributed by atoms with Gasteiger partial charge in [-0.2, -0.15) is 0 Å². The summed E-state index contributed by atoms with van der Waals surface area (Å²) in [5.41, 5.74) is 1.88. The molecule has 0 unspecified atom stereocenters. The number of aryl methyl sites for hydroxylation is 1. The highest BCUT2D eigenvalue weighted by molar-refractivity contribution is 7.89. The normalized spacial score (nSPS) is 17.5. The first kappa shape index (κ1) is 14.5. The number of nitrogens with zero attached hydrogens (tertiary/aromatic N) is 3. The first-order chi connectivity index (χ1) is 9.99. The van der Waals surface area contributed by atoms with E-state index >= 15 is 0 Å². The van der Waals surface area contributed by atoms with Crippen LogP contribution in [-0.4, -0.2) is 41.1 Å². The molecule has 1 heterocycles. The first-order valence-electron chi connectivity index (χ1n) is 7.34. The summed E-state index contributed by atoms with van der Waals surface area (Å²) < 4.78 is 28.3. The smallest absolute Gasteiger partial charge is 0.215 e. The number of para-hydroxylation sites is 2. The molecule has 21 heavy (non-hydrogen) atoms. The maximum absolute atomic E-state index is 12.4. The molecule has 0 amide bonds. The van der Waals surface area contributed by atoms with Crippen molar-refractivity contribution in [3.05, 3.63) is 30.6 Å². The zero-order valence-electron chi connectivity index (χ0n) is 12.4. The second-order valence-corrected chi connectivity index (χ2v) is 7.98. The lowest BCUT2D eigenvalue weighted by molar-refractivity contribution is 0.356. The van der Waals surface area contributed by atoms with Gasteiger partial charge in [0.05, 0.1) is 23.1 Å². The molecule has 1 atom stereocenters. The highest BCUT2D eigenvalue weighted by Crippen LogP contribution is 2.35. The molecule has 0 N–H and O–H groups in total. The van der Waals surface area contributed by atoms with Gasteiger partial charge in [0.15, 0.2) is 0 Å². The molecule has 1 aliphatic rings. The monoisotopic (exact) mass is 307 g/mol. The van der Waals surface area contributed by atoms with Gasteiger partial charge in [-0.1, -0.05) is 12.1 Å². The van der Waals surface area contributed by atoms with E-state index < -0.39 is 10.0 Å². The van der Waals surface area contributed by atoms with Crippen LogP contribution in [0.4, 0.5) is 0 Å². The third kappa shape index (κ3) is 2.96. The van der Waals surface area contributed by atoms with Gasteiger partial charge in [-0.05, 0) is 37.8 Å². The summed E-state index contributed by atoms with van der Waals surface area (Å²) in [6, 6.07) is 7.87. The van der Waals surface area contributed by atoms with Gasteiger partial charge >= 0.3 is 0 Å². The van der Waals surface area contributed by atoms with Crippen LogP contribution < -0.4 is 0 Å². The number of hydrogen-bond donors (Lipinski definition) is 0. The van der Waals surface area contributed by atoms with Gasteiger partial charge in [0, 0.05) is 19.6 Å². The average molecular weight is 307 g/mol. The van der Waals surface area contributed by atoms with Gasteiger partial charge in [-0.3, -0.25) is 0 Å². The lowest BCUT2D eigenvalue weighted by Gasteiger charge is -2.24. The lowest BCUT2D eigenvalue weighted by Crippen LogP contribution is -2.38. The van der Waals surface area contributed by atoms with Gasteiger partial charge < -0.3 is 4.57 Å². The zero-order valence-corrected chi connectivity index (χ0v) is 13.3. The van der Waals surface area contributed by atoms with Crippen LogP contribution in [0.25, 0.3) is 11.0 Å². The van der Waals surface area contributed by atoms with Crippen LogP contribution in [0.1, 0.15) is 19.8 Å². The third-order valence-electron chi connectivity index (χ3n) is 4.43. The molecule has 3 rings (SSSR count). The van der Waals surface area contributed by atoms with E-state index in [2.05, 4.69) is 4.98 Å². The number of benzene rings is 1. The second-order valence-electron chi connectivity index (χ2n) is 5.84. The molecule has 2 aromatic rings. The van der Waals surface area contributed by atoms with Crippen molar-refractivity contribution < 1.29 is 8.42 Å². The molecule has 0 bridgehead atoms. The summed E-state index contributed by atoms with van der Waals surface area (Å²) >= 11 is 0. The minimum absolute atomic E-state index is 0.106. The molecule has 0 radical (unpaired) electrons. The van der Waals surface area contributed by atoms with E-state index in [0.29, 0.717) is 12.5 Å². The van der Waals surface area contributed by atoms with E-state index in [1.54, 1.807) is 17.7 Å². The molecular weight excluding hydrogens is 286 g/mol. The number of imidazole rings is 1. The van der Waals surface area contributed by atoms with E-state index in [4.69, 9.17) is 0 Å². The second kappa shape index (κ2) is 5.42. The van der Waals surface area contributed by atoms with E-state index in [9.17, 15) is 8.42 Å². The molecule has 5 nitrogen and oxygen atoms in total. The topological polar surface area (TPSA) is 55.2 Å². The van der Waals surface area contributed by atoms with Crippen molar-refractivity contribution in [2.24, 2.45) is 5.92 Å². The third-order valence-corrected chi connectivity index (χ3v) is 6.34. The van der Waals surface area contributed by atoms with Crippen molar-refractivity contribution in [2.75, 3.05) is 12.8 Å². The fourth-order valence-electron chi connectivity index (χ4n) is 2.68. The Morgan fingerprint density at radius 1 is 1.38 bits per heavy atom. The minimum Gasteiger partial charge on any atom is -0.330 e. The Morgan fingerprint density at radius 3 is 2.81 bits per heavy atom. The molecule has 1 aromatic carbocycles. The summed E-state index contributed by atoms with van der Waals surface area (Å²) in [4.78, 5) is 4.29. The first-order valence-corrected chi connectivity index (χ1v) is 8.95. The highest BCUT2D eigenvalue weighted by atomic mass is 32.2. The Bertz CT molecular complexity index is 734. The predicted octanol–water partition coefficient (Wildman–Crippen LogP) is 2.10. The van der Waals surface area contributed by atoms with Gasteiger partial charge in [0.2, 0.25) is 10.0 Å². The molecule has 1 fully saturated rings. The number of sulfonamides is 1. The summed E-state index contributed by atoms with van der Waals surface area (Å²) in [5, 5.41) is 0. The lowest BCUT2D eigenvalue weighted by atomic mass is 10.2. The van der Waals surface area contributed by atoms with E-state index in [1.807, 2.05) is 35.8 Å². The number of fused-ring (bicyclic) bond motifs is 1. The summed E-state index contributed by atoms with van der Waals surface area (Å²) in [5.74, 6) is 0.653. The van der Waals surface area contributed by atoms with Crippen LogP contribution >= 0.6 is 0 Å². The molecule has 1 aliphatic carbocycles. The van der Waals surface area contributed by atoms with Crippen molar-refractivity contribution in [1.29, 1.82) is 0 Å². The number of rotatable bonds is 6. The van der Waals surface area contributed by atoms with E-state index in [-0.39, 0.29) is 11.8 Å². The minimum atomic E-state index is -3.22. The van der Waals surface area contributed by atoms with Crippen molar-refractivity contribution in [3.8, 4) is 0 Å². The van der Waals surface area contributed by atoms with Gasteiger partial charge in [0.1, 0.15) is 0 Å². The largest absolute Gasteiger partial charge is 0.330 e. The summed E-state index contributed by atoms with van der Waals surface area (Å²) in [6.07, 6.45) is 4.00. The van der Waals surface area contributed by atoms with Crippen LogP contribution in [0.5, 0.6) is 0 Å². The Hall–Kier alpha value is -1.40. The Balaban J connectivity index is 1.71. The molecule has 0 aliphatic heterocycles. The van der Waals surface area contributed by atoms with E-state index in [0.717, 1.165) is 23.9 Å². The van der Waals surface area contributed by atoms with Gasteiger partial charge in [-0.15, -0.1) is 0 Å². The Morgan fingerprint density at radius 2 is 2.10 bits per heavy atom. The number of hydrogen-bond acceptors (Lipinski definition) is 3. The van der Waals surface area contributed by atoms with Crippen molar-refractivity contribution in [2.45, 2.75) is 32.4 Å². The summed E-state index contributed by atoms with van der Waals surface area (Å²) in [6.45, 7) is 2.44. The van der Waals surface area contributed by atoms with Gasteiger partial charge in [0.25, 0.3) is 0 Å². The molecule has 114 valence electrons. The van der Waals surface area contributed by atoms with Crippen LogP contribution in [0.3, 0.4) is 0 Å². The van der Waals surface area contributed by atoms with Crippen LogP contribution in [0, 0.1) is 5.92 Å². The Kier molecular flexibility index (Phi) is 3.75. The quantitative estimate of drug-likeness (QED) is 0.821. The predicted molar refractivity (Wildman–Crippen MR) is 83.5 cm³/mol. The maximum Gasteiger partial charge on any atom is 0.215 e. The fraction of sp³-hybridized carbons (Fsp3) is 0.533. The fourth-order valence-corrected chi connectivity index (χ4v) is 4.07. The van der Waals surface area contributed by atoms with E-state index in [1.165, 1.54) is 0 Å². The molecule has 0 spiro atoms. The van der Waals surface area contributed by atoms with Crippen molar-refractivity contribution in [1.82, 2.24) is 13.9 Å². The van der Waals surface area contributed by atoms with Crippen LogP contribution in [0.15, 0.2) is 30.6 Å². The molecule has 1 aromatic heterocycles. The van der Waals surface area contributed by atoms with Crippen molar-refractivity contribution >= 4 is 21.1 Å². The molecular formula is C15H21N3O2S. The standard InChI is InChI=1S/C15H21N3O2S/c1-12(13-7-8-13)17(2)21(19,20)10-9-18-11-16-14-5-3-4-6-15(14)18/h3-6,11-13H,7-10H2,1-2H3/t12-/m1/s1. The molecule has 0 saturated heterocycles. The average Bonchev–Trinajstić information content (AvgIpc) is 3.24. The van der Waals surface area contributed by atoms with Gasteiger partial charge in [-0.25, -0.2) is 17.7 Å². The van der Waals surface area contributed by atoms with Crippen LogP contribution in [0.2, 0.25) is 0 Å². The van der Waals surface area contributed by atoms with Crippen molar-refractivity contribution in [3.63, 3.8) is 0 Å². The Labute approximate surface area is 125 Å². The molecule has 1 saturated carbocycles. The summed E-state index contributed by atoms with van der Waals surface area (Å²) in [7, 11) is -1.53. The molecule has 6 heteroatoms. The highest BCUT2D eigenvalue weighted by Gasteiger charge is 2.35.